The minimum Gasteiger partial charge on any atom is -0.408 e. The molecule has 0 fully saturated rings. The number of hydrogen-bond acceptors (Lipinski definition) is 3. The zero-order valence-corrected chi connectivity index (χ0v) is 20.5. The molecule has 2 amide bonds. The van der Waals surface area contributed by atoms with Gasteiger partial charge in [-0.05, 0) is 55.8 Å². The third-order valence-corrected chi connectivity index (χ3v) is 6.16. The topological polar surface area (TPSA) is 63.6 Å². The second-order valence-corrected chi connectivity index (χ2v) is 8.47. The number of anilines is 1. The second-order valence-electron chi connectivity index (χ2n) is 8.06. The predicted molar refractivity (Wildman–Crippen MR) is 136 cm³/mol. The highest BCUT2D eigenvalue weighted by atomic mass is 35.5. The molecule has 0 aliphatic rings. The molecule has 1 heterocycles. The van der Waals surface area contributed by atoms with Gasteiger partial charge in [0.15, 0.2) is 5.75 Å². The maximum absolute atomic E-state index is 13.7. The van der Waals surface area contributed by atoms with Crippen LogP contribution >= 0.6 is 11.6 Å². The Bertz CT molecular complexity index is 1410. The Labute approximate surface area is 212 Å². The molecule has 0 saturated heterocycles. The van der Waals surface area contributed by atoms with Crippen molar-refractivity contribution in [2.75, 3.05) is 18.4 Å². The molecule has 9 heteroatoms. The first kappa shape index (κ1) is 25.2. The molecule has 186 valence electrons. The van der Waals surface area contributed by atoms with Crippen molar-refractivity contribution in [1.29, 1.82) is 0 Å². The first-order valence-electron chi connectivity index (χ1n) is 11.4. The van der Waals surface area contributed by atoms with Gasteiger partial charge in [-0.15, -0.1) is 0 Å². The van der Waals surface area contributed by atoms with Gasteiger partial charge in [0.25, 0.3) is 5.91 Å². The van der Waals surface area contributed by atoms with Crippen LogP contribution in [0.25, 0.3) is 10.9 Å². The number of fused-ring (bicyclic) bond motifs is 1. The first-order chi connectivity index (χ1) is 17.3. The van der Waals surface area contributed by atoms with Crippen LogP contribution < -0.4 is 10.1 Å². The zero-order chi connectivity index (χ0) is 25.8. The molecule has 36 heavy (non-hydrogen) atoms. The molecule has 3 aromatic carbocycles. The van der Waals surface area contributed by atoms with E-state index in [0.29, 0.717) is 36.1 Å². The summed E-state index contributed by atoms with van der Waals surface area (Å²) in [7, 11) is 0. The van der Waals surface area contributed by atoms with Crippen molar-refractivity contribution in [1.82, 2.24) is 9.47 Å². The van der Waals surface area contributed by atoms with Crippen LogP contribution in [0.2, 0.25) is 5.02 Å². The minimum atomic E-state index is -0.877. The lowest BCUT2D eigenvalue weighted by Gasteiger charge is -2.20. The number of rotatable bonds is 7. The molecule has 0 aliphatic carbocycles. The number of carbonyl (C=O) groups is 2. The van der Waals surface area contributed by atoms with Gasteiger partial charge in [0.2, 0.25) is 0 Å². The number of hydrogen-bond donors (Lipinski definition) is 1. The zero-order valence-electron chi connectivity index (χ0n) is 19.7. The highest BCUT2D eigenvalue weighted by Gasteiger charge is 2.20. The number of nitrogens with one attached hydrogen (secondary N) is 1. The molecule has 0 spiro atoms. The number of ether oxygens (including phenoxy) is 1. The fraction of sp³-hybridized carbons (Fsp3) is 0.185. The maximum Gasteiger partial charge on any atom is 0.415 e. The summed E-state index contributed by atoms with van der Waals surface area (Å²) in [5.41, 5.74) is 1.63. The van der Waals surface area contributed by atoms with Gasteiger partial charge in [-0.3, -0.25) is 4.79 Å². The van der Waals surface area contributed by atoms with Crippen LogP contribution in [0.4, 0.5) is 19.3 Å². The van der Waals surface area contributed by atoms with Crippen LogP contribution in [0.5, 0.6) is 5.75 Å². The van der Waals surface area contributed by atoms with E-state index in [2.05, 4.69) is 5.32 Å². The number of halogens is 3. The van der Waals surface area contributed by atoms with Crippen molar-refractivity contribution in [2.24, 2.45) is 0 Å². The Hall–Kier alpha value is -3.91. The van der Waals surface area contributed by atoms with E-state index in [-0.39, 0.29) is 17.0 Å². The standard InChI is InChI=1S/C27H24ClF2N3O3/c1-3-32(4-2)27(35)36-24-10-9-23-21(11-12-33(23)16-17-7-5-6-8-22(17)28)25(24)31-26(34)18-13-19(29)15-20(30)14-18/h5-15H,3-4,16H2,1-2H3,(H,31,34). The number of carbonyl (C=O) groups excluding carboxylic acids is 2. The van der Waals surface area contributed by atoms with E-state index in [0.717, 1.165) is 23.2 Å². The van der Waals surface area contributed by atoms with Gasteiger partial charge in [0, 0.05) is 47.9 Å². The van der Waals surface area contributed by atoms with Crippen molar-refractivity contribution in [2.45, 2.75) is 20.4 Å². The average molecular weight is 512 g/mol. The van der Waals surface area contributed by atoms with Crippen LogP contribution in [0.3, 0.4) is 0 Å². The Morgan fingerprint density at radius 1 is 1.00 bits per heavy atom. The summed E-state index contributed by atoms with van der Waals surface area (Å²) in [5, 5.41) is 3.88. The van der Waals surface area contributed by atoms with Gasteiger partial charge in [0.05, 0.1) is 11.2 Å². The first-order valence-corrected chi connectivity index (χ1v) is 11.8. The van der Waals surface area contributed by atoms with Crippen LogP contribution in [0.1, 0.15) is 29.8 Å². The minimum absolute atomic E-state index is 0.111. The molecule has 0 unspecified atom stereocenters. The monoisotopic (exact) mass is 511 g/mol. The van der Waals surface area contributed by atoms with E-state index in [9.17, 15) is 18.4 Å². The maximum atomic E-state index is 13.7. The average Bonchev–Trinajstić information content (AvgIpc) is 3.25. The molecule has 4 aromatic rings. The number of nitrogens with zero attached hydrogens (tertiary/aromatic N) is 2. The molecule has 0 radical (unpaired) electrons. The number of aromatic nitrogens is 1. The van der Waals surface area contributed by atoms with E-state index in [1.165, 1.54) is 4.90 Å². The lowest BCUT2D eigenvalue weighted by atomic mass is 10.1. The fourth-order valence-electron chi connectivity index (χ4n) is 3.93. The summed E-state index contributed by atoms with van der Waals surface area (Å²) in [5.74, 6) is -2.39. The smallest absolute Gasteiger partial charge is 0.408 e. The lowest BCUT2D eigenvalue weighted by Crippen LogP contribution is -2.33. The summed E-state index contributed by atoms with van der Waals surface area (Å²) in [4.78, 5) is 27.1. The predicted octanol–water partition coefficient (Wildman–Crippen LogP) is 6.71. The second kappa shape index (κ2) is 10.8. The van der Waals surface area contributed by atoms with Gasteiger partial charge in [-0.25, -0.2) is 13.6 Å². The third kappa shape index (κ3) is 5.33. The van der Waals surface area contributed by atoms with Crippen LogP contribution in [-0.2, 0) is 6.54 Å². The van der Waals surface area contributed by atoms with Gasteiger partial charge >= 0.3 is 6.09 Å². The Morgan fingerprint density at radius 2 is 1.69 bits per heavy atom. The fourth-order valence-corrected chi connectivity index (χ4v) is 4.12. The van der Waals surface area contributed by atoms with Gasteiger partial charge < -0.3 is 19.5 Å². The van der Waals surface area contributed by atoms with E-state index in [4.69, 9.17) is 16.3 Å². The lowest BCUT2D eigenvalue weighted by molar-refractivity contribution is 0.102. The van der Waals surface area contributed by atoms with E-state index in [1.54, 1.807) is 24.3 Å². The molecule has 1 aromatic heterocycles. The largest absolute Gasteiger partial charge is 0.415 e. The molecule has 0 aliphatic heterocycles. The van der Waals surface area contributed by atoms with Crippen molar-refractivity contribution in [3.63, 3.8) is 0 Å². The quantitative estimate of drug-likeness (QED) is 0.300. The Kier molecular flexibility index (Phi) is 7.55. The Balaban J connectivity index is 1.76. The summed E-state index contributed by atoms with van der Waals surface area (Å²) >= 11 is 6.33. The van der Waals surface area contributed by atoms with Crippen molar-refractivity contribution >= 4 is 40.2 Å². The number of benzene rings is 3. The van der Waals surface area contributed by atoms with Gasteiger partial charge in [-0.1, -0.05) is 29.8 Å². The Morgan fingerprint density at radius 3 is 2.36 bits per heavy atom. The highest BCUT2D eigenvalue weighted by Crippen LogP contribution is 2.35. The van der Waals surface area contributed by atoms with Crippen LogP contribution in [0.15, 0.2) is 66.9 Å². The normalized spacial score (nSPS) is 10.9. The number of amides is 2. The summed E-state index contributed by atoms with van der Waals surface area (Å²) in [6.07, 6.45) is 1.24. The van der Waals surface area contributed by atoms with Crippen molar-refractivity contribution in [3.05, 3.63) is 94.6 Å². The van der Waals surface area contributed by atoms with Crippen molar-refractivity contribution in [3.8, 4) is 5.75 Å². The molecule has 6 nitrogen and oxygen atoms in total. The molecule has 0 atom stereocenters. The summed E-state index contributed by atoms with van der Waals surface area (Å²) in [6.45, 7) is 4.99. The van der Waals surface area contributed by atoms with Crippen LogP contribution in [-0.4, -0.2) is 34.6 Å². The summed E-state index contributed by atoms with van der Waals surface area (Å²) < 4.78 is 35.0. The van der Waals surface area contributed by atoms with E-state index in [1.807, 2.05) is 42.8 Å². The summed E-state index contributed by atoms with van der Waals surface area (Å²) in [6, 6.07) is 15.1. The third-order valence-electron chi connectivity index (χ3n) is 5.80. The van der Waals surface area contributed by atoms with Crippen molar-refractivity contribution < 1.29 is 23.1 Å². The van der Waals surface area contributed by atoms with Gasteiger partial charge in [0.1, 0.15) is 11.6 Å². The van der Waals surface area contributed by atoms with Crippen LogP contribution in [0, 0.1) is 11.6 Å². The molecule has 0 saturated carbocycles. The highest BCUT2D eigenvalue weighted by molar-refractivity contribution is 6.31. The molecule has 0 bridgehead atoms. The SMILES string of the molecule is CCN(CC)C(=O)Oc1ccc2c(ccn2Cc2ccccc2Cl)c1NC(=O)c1cc(F)cc(F)c1. The van der Waals surface area contributed by atoms with Gasteiger partial charge in [-0.2, -0.15) is 0 Å². The molecule has 4 rings (SSSR count). The molecular weight excluding hydrogens is 488 g/mol. The molecular formula is C27H24ClF2N3O3. The van der Waals surface area contributed by atoms with E-state index < -0.39 is 23.6 Å². The van der Waals surface area contributed by atoms with E-state index >= 15 is 0 Å². The molecule has 1 N–H and O–H groups in total.